The maximum atomic E-state index is 4.37. The van der Waals surface area contributed by atoms with Crippen LogP contribution in [0.3, 0.4) is 0 Å². The number of imidazole rings is 1. The highest BCUT2D eigenvalue weighted by Crippen LogP contribution is 2.19. The zero-order valence-electron chi connectivity index (χ0n) is 8.48. The van der Waals surface area contributed by atoms with Crippen LogP contribution in [-0.2, 0) is 0 Å². The predicted octanol–water partition coefficient (Wildman–Crippen LogP) is 2.19. The number of hydrogen-bond donors (Lipinski definition) is 1. The van der Waals surface area contributed by atoms with Gasteiger partial charge in [-0.15, -0.1) is 0 Å². The lowest BCUT2D eigenvalue weighted by Crippen LogP contribution is -1.87. The van der Waals surface area contributed by atoms with Crippen LogP contribution in [0.25, 0.3) is 17.3 Å². The van der Waals surface area contributed by atoms with Crippen LogP contribution in [0, 0.1) is 6.92 Å². The fraction of sp³-hybridized carbons (Fsp3) is 0.100. The summed E-state index contributed by atoms with van der Waals surface area (Å²) in [5.41, 5.74) is 1.71. The van der Waals surface area contributed by atoms with E-state index in [-0.39, 0.29) is 0 Å². The Hall–Kier alpha value is -1.69. The number of aromatic amines is 1. The molecular weight excluding hydrogens is 270 g/mol. The number of nitrogens with one attached hydrogen (secondary N) is 1. The van der Waals surface area contributed by atoms with Crippen molar-refractivity contribution in [3.63, 3.8) is 0 Å². The lowest BCUT2D eigenvalue weighted by atomic mass is 10.3. The average Bonchev–Trinajstić information content (AvgIpc) is 2.82. The highest BCUT2D eigenvalue weighted by molar-refractivity contribution is 9.10. The molecule has 80 valence electrons. The number of halogens is 1. The molecule has 0 fully saturated rings. The van der Waals surface area contributed by atoms with Gasteiger partial charge >= 0.3 is 0 Å². The number of nitrogens with zero attached hydrogens (tertiary/aromatic N) is 4. The average molecular weight is 278 g/mol. The van der Waals surface area contributed by atoms with Gasteiger partial charge in [0.15, 0.2) is 5.82 Å². The number of hydrogen-bond acceptors (Lipinski definition) is 3. The maximum absolute atomic E-state index is 4.37. The first-order valence-electron chi connectivity index (χ1n) is 4.77. The van der Waals surface area contributed by atoms with Crippen molar-refractivity contribution in [1.82, 2.24) is 24.6 Å². The first kappa shape index (κ1) is 9.53. The van der Waals surface area contributed by atoms with E-state index in [1.807, 2.05) is 25.1 Å². The number of aryl methyl sites for hydroxylation is 1. The summed E-state index contributed by atoms with van der Waals surface area (Å²) in [5.74, 6) is 1.36. The van der Waals surface area contributed by atoms with Crippen molar-refractivity contribution in [2.45, 2.75) is 6.92 Å². The molecule has 0 aromatic carbocycles. The van der Waals surface area contributed by atoms with Crippen molar-refractivity contribution in [2.75, 3.05) is 0 Å². The van der Waals surface area contributed by atoms with Crippen LogP contribution in [0.2, 0.25) is 0 Å². The van der Waals surface area contributed by atoms with Gasteiger partial charge in [-0.1, -0.05) is 6.07 Å². The molecule has 6 heteroatoms. The molecule has 0 saturated heterocycles. The molecule has 0 spiro atoms. The predicted molar refractivity (Wildman–Crippen MR) is 63.0 cm³/mol. The number of fused-ring (bicyclic) bond motifs is 1. The molecule has 0 atom stereocenters. The van der Waals surface area contributed by atoms with Crippen LogP contribution in [0.4, 0.5) is 0 Å². The normalized spacial score (nSPS) is 11.1. The lowest BCUT2D eigenvalue weighted by molar-refractivity contribution is 0.947. The lowest BCUT2D eigenvalue weighted by Gasteiger charge is -1.93. The van der Waals surface area contributed by atoms with E-state index in [0.29, 0.717) is 11.6 Å². The Morgan fingerprint density at radius 3 is 2.88 bits per heavy atom. The van der Waals surface area contributed by atoms with Gasteiger partial charge < -0.3 is 0 Å². The van der Waals surface area contributed by atoms with Crippen LogP contribution < -0.4 is 0 Å². The highest BCUT2D eigenvalue weighted by atomic mass is 79.9. The summed E-state index contributed by atoms with van der Waals surface area (Å²) in [6.07, 6.45) is 1.74. The number of pyridine rings is 1. The standard InChI is InChI=1S/C10H8BrN5/c1-6-8(11)16-10(13-6)14-9(15-16)7-4-2-3-5-12-7/h2-5H,1H3,(H,13,14,15). The molecular formula is C10H8BrN5. The van der Waals surface area contributed by atoms with Gasteiger partial charge in [0.2, 0.25) is 0 Å². The van der Waals surface area contributed by atoms with Crippen LogP contribution in [0.1, 0.15) is 5.69 Å². The largest absolute Gasteiger partial charge is 0.272 e. The van der Waals surface area contributed by atoms with Gasteiger partial charge in [-0.2, -0.15) is 4.98 Å². The van der Waals surface area contributed by atoms with Gasteiger partial charge in [-0.25, -0.2) is 9.50 Å². The molecule has 3 aromatic heterocycles. The van der Waals surface area contributed by atoms with Crippen LogP contribution in [0.15, 0.2) is 29.0 Å². The van der Waals surface area contributed by atoms with Crippen molar-refractivity contribution in [2.24, 2.45) is 0 Å². The molecule has 0 aliphatic carbocycles. The van der Waals surface area contributed by atoms with Gasteiger partial charge in [-0.05, 0) is 35.0 Å². The number of rotatable bonds is 1. The number of aromatic nitrogens is 5. The summed E-state index contributed by atoms with van der Waals surface area (Å²) >= 11 is 3.45. The summed E-state index contributed by atoms with van der Waals surface area (Å²) in [6, 6.07) is 5.70. The van der Waals surface area contributed by atoms with E-state index < -0.39 is 0 Å². The monoisotopic (exact) mass is 277 g/mol. The third kappa shape index (κ3) is 1.34. The van der Waals surface area contributed by atoms with Crippen molar-refractivity contribution >= 4 is 21.7 Å². The van der Waals surface area contributed by atoms with Crippen LogP contribution in [0.5, 0.6) is 0 Å². The molecule has 3 rings (SSSR count). The van der Waals surface area contributed by atoms with Crippen LogP contribution in [-0.4, -0.2) is 24.6 Å². The summed E-state index contributed by atoms with van der Waals surface area (Å²) in [7, 11) is 0. The highest BCUT2D eigenvalue weighted by Gasteiger charge is 2.11. The van der Waals surface area contributed by atoms with Crippen molar-refractivity contribution in [1.29, 1.82) is 0 Å². The van der Waals surface area contributed by atoms with E-state index in [0.717, 1.165) is 16.0 Å². The molecule has 0 unspecified atom stereocenters. The van der Waals surface area contributed by atoms with E-state index >= 15 is 0 Å². The van der Waals surface area contributed by atoms with E-state index in [1.54, 1.807) is 10.7 Å². The Balaban J connectivity index is 2.20. The molecule has 1 N–H and O–H groups in total. The molecule has 0 saturated carbocycles. The summed E-state index contributed by atoms with van der Waals surface area (Å²) in [6.45, 7) is 1.92. The van der Waals surface area contributed by atoms with E-state index in [2.05, 4.69) is 36.0 Å². The number of H-pyrrole nitrogens is 1. The van der Waals surface area contributed by atoms with Crippen molar-refractivity contribution in [3.05, 3.63) is 34.7 Å². The Labute approximate surface area is 99.7 Å². The molecule has 0 amide bonds. The third-order valence-electron chi connectivity index (χ3n) is 2.30. The van der Waals surface area contributed by atoms with E-state index in [4.69, 9.17) is 0 Å². The van der Waals surface area contributed by atoms with Gasteiger partial charge in [0, 0.05) is 6.20 Å². The Kier molecular flexibility index (Phi) is 2.03. The fourth-order valence-electron chi connectivity index (χ4n) is 1.52. The fourth-order valence-corrected chi connectivity index (χ4v) is 1.85. The third-order valence-corrected chi connectivity index (χ3v) is 3.23. The summed E-state index contributed by atoms with van der Waals surface area (Å²) < 4.78 is 2.68. The summed E-state index contributed by atoms with van der Waals surface area (Å²) in [5, 5.41) is 3.13. The van der Waals surface area contributed by atoms with Gasteiger partial charge in [-0.3, -0.25) is 10.1 Å². The van der Waals surface area contributed by atoms with E-state index in [1.165, 1.54) is 0 Å². The molecule has 3 heterocycles. The Morgan fingerprint density at radius 2 is 2.19 bits per heavy atom. The van der Waals surface area contributed by atoms with Gasteiger partial charge in [0.25, 0.3) is 5.78 Å². The Bertz CT molecular complexity index is 640. The molecule has 16 heavy (non-hydrogen) atoms. The molecule has 3 aromatic rings. The van der Waals surface area contributed by atoms with Gasteiger partial charge in [0.1, 0.15) is 10.3 Å². The minimum absolute atomic E-state index is 0.644. The Morgan fingerprint density at radius 1 is 1.31 bits per heavy atom. The van der Waals surface area contributed by atoms with Gasteiger partial charge in [0.05, 0.1) is 5.69 Å². The molecule has 0 radical (unpaired) electrons. The minimum atomic E-state index is 0.644. The molecule has 0 bridgehead atoms. The summed E-state index contributed by atoms with van der Waals surface area (Å²) in [4.78, 5) is 12.9. The first-order chi connectivity index (χ1) is 7.75. The maximum Gasteiger partial charge on any atom is 0.252 e. The van der Waals surface area contributed by atoms with E-state index in [9.17, 15) is 0 Å². The van der Waals surface area contributed by atoms with Crippen molar-refractivity contribution < 1.29 is 0 Å². The SMILES string of the molecule is Cc1nc2nc(-c3ccccn3)[nH]n2c1Br. The molecule has 0 aliphatic heterocycles. The zero-order chi connectivity index (χ0) is 11.1. The quantitative estimate of drug-likeness (QED) is 0.742. The first-order valence-corrected chi connectivity index (χ1v) is 5.57. The molecule has 0 aliphatic rings. The van der Waals surface area contributed by atoms with Crippen LogP contribution >= 0.6 is 15.9 Å². The second-order valence-corrected chi connectivity index (χ2v) is 4.16. The topological polar surface area (TPSA) is 58.9 Å². The smallest absolute Gasteiger partial charge is 0.252 e. The zero-order valence-corrected chi connectivity index (χ0v) is 10.1. The second kappa shape index (κ2) is 3.41. The second-order valence-electron chi connectivity index (χ2n) is 3.41. The van der Waals surface area contributed by atoms with Crippen molar-refractivity contribution in [3.8, 4) is 11.5 Å². The minimum Gasteiger partial charge on any atom is -0.272 e. The molecule has 5 nitrogen and oxygen atoms in total.